The molecular weight excluding hydrogens is 212 g/mol. The summed E-state index contributed by atoms with van der Waals surface area (Å²) in [6.45, 7) is 5.84. The number of nitrogens with zero attached hydrogens (tertiary/aromatic N) is 1. The van der Waals surface area contributed by atoms with Crippen LogP contribution in [0.25, 0.3) is 0 Å². The molecule has 3 heterocycles. The third-order valence-corrected chi connectivity index (χ3v) is 5.08. The Labute approximate surface area is 105 Å². The Morgan fingerprint density at radius 2 is 2.18 bits per heavy atom. The third-order valence-electron chi connectivity index (χ3n) is 5.08. The molecule has 2 unspecified atom stereocenters. The summed E-state index contributed by atoms with van der Waals surface area (Å²) in [7, 11) is 2.27. The highest BCUT2D eigenvalue weighted by molar-refractivity contribution is 4.97. The molecule has 0 bridgehead atoms. The minimum atomic E-state index is 0.511. The maximum atomic E-state index is 5.59. The van der Waals surface area contributed by atoms with Gasteiger partial charge in [-0.05, 0) is 58.2 Å². The van der Waals surface area contributed by atoms with Crippen LogP contribution < -0.4 is 5.32 Å². The lowest BCUT2D eigenvalue weighted by molar-refractivity contribution is -0.163. The summed E-state index contributed by atoms with van der Waals surface area (Å²) in [4.78, 5) is 2.51. The zero-order valence-electron chi connectivity index (χ0n) is 11.1. The van der Waals surface area contributed by atoms with Crippen molar-refractivity contribution in [2.45, 2.75) is 38.1 Å². The van der Waals surface area contributed by atoms with Gasteiger partial charge in [0.2, 0.25) is 0 Å². The van der Waals surface area contributed by atoms with Gasteiger partial charge in [0.15, 0.2) is 0 Å². The number of piperidine rings is 1. The SMILES string of the molecule is CN1CCCC(C2(CC3CCCN3)COC2)C1. The van der Waals surface area contributed by atoms with E-state index >= 15 is 0 Å². The van der Waals surface area contributed by atoms with Crippen molar-refractivity contribution in [3.8, 4) is 0 Å². The molecule has 0 aromatic heterocycles. The van der Waals surface area contributed by atoms with Gasteiger partial charge in [-0.25, -0.2) is 0 Å². The molecule has 3 aliphatic heterocycles. The van der Waals surface area contributed by atoms with Crippen LogP contribution in [0.4, 0.5) is 0 Å². The monoisotopic (exact) mass is 238 g/mol. The van der Waals surface area contributed by atoms with E-state index in [-0.39, 0.29) is 0 Å². The van der Waals surface area contributed by atoms with Crippen molar-refractivity contribution in [1.29, 1.82) is 0 Å². The van der Waals surface area contributed by atoms with Crippen LogP contribution in [0, 0.1) is 11.3 Å². The second-order valence-electron chi connectivity index (χ2n) is 6.45. The van der Waals surface area contributed by atoms with Crippen molar-refractivity contribution < 1.29 is 4.74 Å². The van der Waals surface area contributed by atoms with Gasteiger partial charge < -0.3 is 15.0 Å². The Kier molecular flexibility index (Phi) is 3.42. The molecule has 3 nitrogen and oxygen atoms in total. The smallest absolute Gasteiger partial charge is 0.0548 e. The zero-order chi connectivity index (χ0) is 11.7. The van der Waals surface area contributed by atoms with E-state index in [1.165, 1.54) is 51.7 Å². The summed E-state index contributed by atoms with van der Waals surface area (Å²) in [5, 5.41) is 3.66. The molecule has 1 N–H and O–H groups in total. The Morgan fingerprint density at radius 1 is 1.29 bits per heavy atom. The molecule has 17 heavy (non-hydrogen) atoms. The standard InChI is InChI=1S/C14H26N2O/c1-16-7-3-4-12(9-16)14(10-17-11-14)8-13-5-2-6-15-13/h12-13,15H,2-11H2,1H3. The van der Waals surface area contributed by atoms with E-state index < -0.39 is 0 Å². The van der Waals surface area contributed by atoms with E-state index in [1.807, 2.05) is 0 Å². The lowest BCUT2D eigenvalue weighted by atomic mass is 9.66. The van der Waals surface area contributed by atoms with Crippen LogP contribution in [0.2, 0.25) is 0 Å². The van der Waals surface area contributed by atoms with Gasteiger partial charge >= 0.3 is 0 Å². The number of rotatable bonds is 3. The quantitative estimate of drug-likeness (QED) is 0.806. The first kappa shape index (κ1) is 11.9. The van der Waals surface area contributed by atoms with Gasteiger partial charge in [0.25, 0.3) is 0 Å². The van der Waals surface area contributed by atoms with Gasteiger partial charge in [-0.3, -0.25) is 0 Å². The summed E-state index contributed by atoms with van der Waals surface area (Å²) in [6.07, 6.45) is 6.89. The van der Waals surface area contributed by atoms with Crippen molar-refractivity contribution in [2.24, 2.45) is 11.3 Å². The molecule has 0 aromatic carbocycles. The van der Waals surface area contributed by atoms with Crippen molar-refractivity contribution in [3.05, 3.63) is 0 Å². The fourth-order valence-corrected chi connectivity index (χ4v) is 3.97. The predicted octanol–water partition coefficient (Wildman–Crippen LogP) is 1.49. The van der Waals surface area contributed by atoms with Crippen molar-refractivity contribution in [2.75, 3.05) is 39.9 Å². The van der Waals surface area contributed by atoms with Gasteiger partial charge in [0, 0.05) is 18.0 Å². The molecule has 3 aliphatic rings. The van der Waals surface area contributed by atoms with Crippen LogP contribution in [0.3, 0.4) is 0 Å². The summed E-state index contributed by atoms with van der Waals surface area (Å²) >= 11 is 0. The third kappa shape index (κ3) is 2.38. The minimum absolute atomic E-state index is 0.511. The second kappa shape index (κ2) is 4.87. The topological polar surface area (TPSA) is 24.5 Å². The molecule has 3 saturated heterocycles. The highest BCUT2D eigenvalue weighted by Gasteiger charge is 2.47. The van der Waals surface area contributed by atoms with E-state index in [1.54, 1.807) is 0 Å². The van der Waals surface area contributed by atoms with Gasteiger partial charge in [-0.15, -0.1) is 0 Å². The molecule has 0 aliphatic carbocycles. The van der Waals surface area contributed by atoms with Crippen LogP contribution in [0.15, 0.2) is 0 Å². The van der Waals surface area contributed by atoms with E-state index in [0.717, 1.165) is 25.2 Å². The van der Waals surface area contributed by atoms with Crippen LogP contribution in [-0.2, 0) is 4.74 Å². The molecule has 0 saturated carbocycles. The van der Waals surface area contributed by atoms with E-state index in [0.29, 0.717) is 5.41 Å². The number of likely N-dealkylation sites (tertiary alicyclic amines) is 1. The lowest BCUT2D eigenvalue weighted by Gasteiger charge is -2.51. The zero-order valence-corrected chi connectivity index (χ0v) is 11.1. The molecule has 3 heteroatoms. The Balaban J connectivity index is 1.63. The number of nitrogens with one attached hydrogen (secondary N) is 1. The Morgan fingerprint density at radius 3 is 2.76 bits per heavy atom. The largest absolute Gasteiger partial charge is 0.380 e. The van der Waals surface area contributed by atoms with E-state index in [9.17, 15) is 0 Å². The van der Waals surface area contributed by atoms with Gasteiger partial charge in [-0.2, -0.15) is 0 Å². The molecule has 2 atom stereocenters. The average molecular weight is 238 g/mol. The summed E-state index contributed by atoms with van der Waals surface area (Å²) in [5.74, 6) is 0.873. The fraction of sp³-hybridized carbons (Fsp3) is 1.00. The average Bonchev–Trinajstić information content (AvgIpc) is 2.76. The highest BCUT2D eigenvalue weighted by Crippen LogP contribution is 2.44. The first-order valence-corrected chi connectivity index (χ1v) is 7.28. The minimum Gasteiger partial charge on any atom is -0.380 e. The molecule has 3 rings (SSSR count). The molecule has 98 valence electrons. The van der Waals surface area contributed by atoms with Crippen molar-refractivity contribution in [3.63, 3.8) is 0 Å². The van der Waals surface area contributed by atoms with Crippen molar-refractivity contribution >= 4 is 0 Å². The molecule has 0 aromatic rings. The van der Waals surface area contributed by atoms with Crippen LogP contribution >= 0.6 is 0 Å². The van der Waals surface area contributed by atoms with E-state index in [2.05, 4.69) is 17.3 Å². The summed E-state index contributed by atoms with van der Waals surface area (Å²) in [5.41, 5.74) is 0.511. The first-order valence-electron chi connectivity index (χ1n) is 7.28. The number of ether oxygens (including phenoxy) is 1. The van der Waals surface area contributed by atoms with Crippen molar-refractivity contribution in [1.82, 2.24) is 10.2 Å². The molecule has 0 amide bonds. The Bertz CT molecular complexity index is 259. The lowest BCUT2D eigenvalue weighted by Crippen LogP contribution is -2.55. The summed E-state index contributed by atoms with van der Waals surface area (Å²) in [6, 6.07) is 0.770. The van der Waals surface area contributed by atoms with Crippen LogP contribution in [0.1, 0.15) is 32.1 Å². The highest BCUT2D eigenvalue weighted by atomic mass is 16.5. The maximum absolute atomic E-state index is 5.59. The molecule has 0 spiro atoms. The molecular formula is C14H26N2O. The molecule has 0 radical (unpaired) electrons. The van der Waals surface area contributed by atoms with Gasteiger partial charge in [0.05, 0.1) is 13.2 Å². The van der Waals surface area contributed by atoms with Crippen LogP contribution in [0.5, 0.6) is 0 Å². The fourth-order valence-electron chi connectivity index (χ4n) is 3.97. The summed E-state index contributed by atoms with van der Waals surface area (Å²) < 4.78 is 5.59. The Hall–Kier alpha value is -0.120. The van der Waals surface area contributed by atoms with Crippen LogP contribution in [-0.4, -0.2) is 50.8 Å². The van der Waals surface area contributed by atoms with E-state index in [4.69, 9.17) is 4.74 Å². The number of hydrogen-bond donors (Lipinski definition) is 1. The maximum Gasteiger partial charge on any atom is 0.0548 e. The normalized spacial score (nSPS) is 37.9. The van der Waals surface area contributed by atoms with Gasteiger partial charge in [-0.1, -0.05) is 0 Å². The number of hydrogen-bond acceptors (Lipinski definition) is 3. The second-order valence-corrected chi connectivity index (χ2v) is 6.45. The molecule has 3 fully saturated rings. The predicted molar refractivity (Wildman–Crippen MR) is 69.1 cm³/mol. The van der Waals surface area contributed by atoms with Gasteiger partial charge in [0.1, 0.15) is 0 Å². The first-order chi connectivity index (χ1) is 8.28.